The molecule has 1 aromatic heterocycles. The number of nitrogens with zero attached hydrogens (tertiary/aromatic N) is 1. The maximum Gasteiger partial charge on any atom is 0.336 e. The summed E-state index contributed by atoms with van der Waals surface area (Å²) in [6, 6.07) is 5.28. The van der Waals surface area contributed by atoms with Crippen LogP contribution in [0.15, 0.2) is 27.4 Å². The Balaban J connectivity index is 1.15. The predicted octanol–water partition coefficient (Wildman–Crippen LogP) is 4.65. The Hall–Kier alpha value is -2.87. The van der Waals surface area contributed by atoms with Crippen LogP contribution in [0.1, 0.15) is 88.7 Å². The summed E-state index contributed by atoms with van der Waals surface area (Å²) in [5, 5.41) is 14.6. The summed E-state index contributed by atoms with van der Waals surface area (Å²) >= 11 is 0. The van der Waals surface area contributed by atoms with E-state index < -0.39 is 5.60 Å². The lowest BCUT2D eigenvalue weighted by Crippen LogP contribution is -2.54. The van der Waals surface area contributed by atoms with Gasteiger partial charge < -0.3 is 24.5 Å². The van der Waals surface area contributed by atoms with Crippen molar-refractivity contribution < 1.29 is 23.8 Å². The van der Waals surface area contributed by atoms with Gasteiger partial charge in [0.15, 0.2) is 6.61 Å². The number of fused-ring (bicyclic) bond motifs is 2. The van der Waals surface area contributed by atoms with E-state index in [0.29, 0.717) is 49.4 Å². The van der Waals surface area contributed by atoms with Crippen molar-refractivity contribution in [2.75, 3.05) is 26.2 Å². The molecule has 0 spiro atoms. The standard InChI is InChI=1S/C31H44N2O6/c1-3-4-10-23-19-29(36)39-30-22(2)26(14-13-25(23)30)38-21-27(34)32-17-9-5-6-12-28(35)33-18-16-31(37)15-8-7-11-24(31)20-33/h13-14,19,24,37H,3-12,15-18,20-21H2,1-2H3,(H,32,34)/t24-,31-/m1/s1. The minimum Gasteiger partial charge on any atom is -0.483 e. The highest BCUT2D eigenvalue weighted by atomic mass is 16.5. The first kappa shape index (κ1) is 29.1. The fraction of sp³-hybridized carbons (Fsp3) is 0.645. The van der Waals surface area contributed by atoms with E-state index in [4.69, 9.17) is 9.15 Å². The molecule has 1 saturated carbocycles. The van der Waals surface area contributed by atoms with Gasteiger partial charge in [-0.1, -0.05) is 32.6 Å². The molecule has 2 fully saturated rings. The first-order valence-electron chi connectivity index (χ1n) is 14.8. The summed E-state index contributed by atoms with van der Waals surface area (Å²) in [7, 11) is 0. The summed E-state index contributed by atoms with van der Waals surface area (Å²) in [6.07, 6.45) is 10.6. The molecule has 8 nitrogen and oxygen atoms in total. The molecule has 0 bridgehead atoms. The van der Waals surface area contributed by atoms with Crippen LogP contribution in [0.4, 0.5) is 0 Å². The van der Waals surface area contributed by atoms with Crippen molar-refractivity contribution in [3.63, 3.8) is 0 Å². The monoisotopic (exact) mass is 540 g/mol. The van der Waals surface area contributed by atoms with Crippen LogP contribution in [0.3, 0.4) is 0 Å². The van der Waals surface area contributed by atoms with Gasteiger partial charge in [0.05, 0.1) is 5.60 Å². The topological polar surface area (TPSA) is 109 Å². The van der Waals surface area contributed by atoms with Gasteiger partial charge in [0.2, 0.25) is 5.91 Å². The second-order valence-electron chi connectivity index (χ2n) is 11.3. The van der Waals surface area contributed by atoms with E-state index in [2.05, 4.69) is 12.2 Å². The molecule has 2 N–H and O–H groups in total. The molecule has 39 heavy (non-hydrogen) atoms. The molecule has 1 saturated heterocycles. The van der Waals surface area contributed by atoms with Crippen LogP contribution >= 0.6 is 0 Å². The number of carbonyl (C=O) groups is 2. The minimum atomic E-state index is -0.558. The van der Waals surface area contributed by atoms with Crippen LogP contribution in [0.2, 0.25) is 0 Å². The van der Waals surface area contributed by atoms with Crippen LogP contribution in [0.25, 0.3) is 11.0 Å². The Kier molecular flexibility index (Phi) is 10.1. The predicted molar refractivity (Wildman–Crippen MR) is 151 cm³/mol. The van der Waals surface area contributed by atoms with Crippen molar-refractivity contribution in [1.82, 2.24) is 10.2 Å². The first-order valence-corrected chi connectivity index (χ1v) is 14.8. The van der Waals surface area contributed by atoms with E-state index in [-0.39, 0.29) is 30.0 Å². The van der Waals surface area contributed by atoms with Crippen LogP contribution < -0.4 is 15.7 Å². The number of rotatable bonds is 12. The molecule has 214 valence electrons. The third kappa shape index (κ3) is 7.41. The number of piperidine rings is 1. The molecular weight excluding hydrogens is 496 g/mol. The lowest BCUT2D eigenvalue weighted by atomic mass is 9.71. The van der Waals surface area contributed by atoms with Crippen LogP contribution in [0.5, 0.6) is 5.75 Å². The minimum absolute atomic E-state index is 0.118. The van der Waals surface area contributed by atoms with Gasteiger partial charge in [-0.05, 0) is 69.6 Å². The smallest absolute Gasteiger partial charge is 0.336 e. The van der Waals surface area contributed by atoms with Crippen molar-refractivity contribution in [3.05, 3.63) is 39.7 Å². The highest BCUT2D eigenvalue weighted by Crippen LogP contribution is 2.40. The molecule has 2 heterocycles. The molecule has 0 radical (unpaired) electrons. The van der Waals surface area contributed by atoms with Gasteiger partial charge >= 0.3 is 5.63 Å². The van der Waals surface area contributed by atoms with Gasteiger partial charge in [0.1, 0.15) is 11.3 Å². The van der Waals surface area contributed by atoms with Crippen LogP contribution in [0, 0.1) is 12.8 Å². The lowest BCUT2D eigenvalue weighted by molar-refractivity contribution is -0.143. The summed E-state index contributed by atoms with van der Waals surface area (Å²) in [4.78, 5) is 39.0. The molecule has 2 aromatic rings. The van der Waals surface area contributed by atoms with Gasteiger partial charge in [0.25, 0.3) is 5.91 Å². The Morgan fingerprint density at radius 1 is 1.18 bits per heavy atom. The fourth-order valence-corrected chi connectivity index (χ4v) is 6.09. The quantitative estimate of drug-likeness (QED) is 0.300. The average Bonchev–Trinajstić information content (AvgIpc) is 2.92. The summed E-state index contributed by atoms with van der Waals surface area (Å²) in [6.45, 7) is 5.71. The van der Waals surface area contributed by atoms with Gasteiger partial charge in [-0.25, -0.2) is 4.79 Å². The number of aliphatic hydroxyl groups is 1. The fourth-order valence-electron chi connectivity index (χ4n) is 6.09. The Bertz CT molecular complexity index is 1210. The van der Waals surface area contributed by atoms with Gasteiger partial charge in [0, 0.05) is 49.0 Å². The maximum atomic E-state index is 12.7. The Labute approximate surface area is 231 Å². The highest BCUT2D eigenvalue weighted by molar-refractivity contribution is 5.85. The molecule has 4 rings (SSSR count). The zero-order valence-electron chi connectivity index (χ0n) is 23.6. The van der Waals surface area contributed by atoms with E-state index in [1.165, 1.54) is 0 Å². The number of unbranched alkanes of at least 4 members (excludes halogenated alkanes) is 3. The number of aryl methyl sites for hydroxylation is 2. The number of benzene rings is 1. The molecular formula is C31H44N2O6. The molecule has 2 aliphatic rings. The van der Waals surface area contributed by atoms with Crippen molar-refractivity contribution in [2.45, 2.75) is 96.5 Å². The number of nitrogens with one attached hydrogen (secondary N) is 1. The lowest BCUT2D eigenvalue weighted by Gasteiger charge is -2.47. The van der Waals surface area contributed by atoms with E-state index in [0.717, 1.165) is 75.2 Å². The van der Waals surface area contributed by atoms with E-state index in [1.54, 1.807) is 6.07 Å². The molecule has 2 atom stereocenters. The second kappa shape index (κ2) is 13.5. The average molecular weight is 541 g/mol. The van der Waals surface area contributed by atoms with E-state index >= 15 is 0 Å². The molecule has 1 aromatic carbocycles. The van der Waals surface area contributed by atoms with Crippen molar-refractivity contribution in [3.8, 4) is 5.75 Å². The molecule has 0 unspecified atom stereocenters. The van der Waals surface area contributed by atoms with Crippen molar-refractivity contribution in [1.29, 1.82) is 0 Å². The number of amides is 2. The zero-order valence-corrected chi connectivity index (χ0v) is 23.6. The molecule has 2 amide bonds. The first-order chi connectivity index (χ1) is 18.8. The molecule has 8 heteroatoms. The molecule has 1 aliphatic carbocycles. The number of hydrogen-bond acceptors (Lipinski definition) is 6. The summed E-state index contributed by atoms with van der Waals surface area (Å²) < 4.78 is 11.2. The van der Waals surface area contributed by atoms with Gasteiger partial charge in [-0.15, -0.1) is 0 Å². The number of ether oxygens (including phenoxy) is 1. The third-order valence-electron chi connectivity index (χ3n) is 8.53. The SMILES string of the molecule is CCCCc1cc(=O)oc2c(C)c(OCC(=O)NCCCCCC(=O)N3CC[C@]4(O)CCCC[C@@H]4C3)ccc12. The van der Waals surface area contributed by atoms with Crippen LogP contribution in [-0.2, 0) is 16.0 Å². The normalized spacial score (nSPS) is 21.0. The largest absolute Gasteiger partial charge is 0.483 e. The number of hydrogen-bond donors (Lipinski definition) is 2. The second-order valence-corrected chi connectivity index (χ2v) is 11.3. The maximum absolute atomic E-state index is 12.7. The van der Waals surface area contributed by atoms with Crippen molar-refractivity contribution in [2.24, 2.45) is 5.92 Å². The zero-order chi connectivity index (χ0) is 27.8. The number of carbonyl (C=O) groups excluding carboxylic acids is 2. The summed E-state index contributed by atoms with van der Waals surface area (Å²) in [5.41, 5.74) is 1.27. The van der Waals surface area contributed by atoms with Gasteiger partial charge in [-0.3, -0.25) is 9.59 Å². The van der Waals surface area contributed by atoms with Gasteiger partial charge in [-0.2, -0.15) is 0 Å². The van der Waals surface area contributed by atoms with E-state index in [9.17, 15) is 19.5 Å². The Morgan fingerprint density at radius 2 is 2.03 bits per heavy atom. The van der Waals surface area contributed by atoms with Crippen molar-refractivity contribution >= 4 is 22.8 Å². The summed E-state index contributed by atoms with van der Waals surface area (Å²) in [5.74, 6) is 0.717. The molecule has 1 aliphatic heterocycles. The third-order valence-corrected chi connectivity index (χ3v) is 8.53. The highest BCUT2D eigenvalue weighted by Gasteiger charge is 2.43. The van der Waals surface area contributed by atoms with Crippen LogP contribution in [-0.4, -0.2) is 53.7 Å². The number of likely N-dealkylation sites (tertiary alicyclic amines) is 1. The Morgan fingerprint density at radius 3 is 2.85 bits per heavy atom. The van der Waals surface area contributed by atoms with E-state index in [1.807, 2.05) is 24.0 Å².